The van der Waals surface area contributed by atoms with Crippen LogP contribution in [-0.4, -0.2) is 131 Å². The number of carboxylic acids is 1. The molecule has 1 aliphatic rings. The molecule has 0 aromatic carbocycles. The van der Waals surface area contributed by atoms with E-state index in [0.717, 1.165) is 6.42 Å². The van der Waals surface area contributed by atoms with E-state index in [2.05, 4.69) is 37.2 Å². The van der Waals surface area contributed by atoms with Crippen molar-refractivity contribution in [2.75, 3.05) is 26.2 Å². The Morgan fingerprint density at radius 1 is 0.816 bits per heavy atom. The molecule has 1 heterocycles. The smallest absolute Gasteiger partial charge is 0.326 e. The number of aliphatic carboxylic acids is 1. The number of carbonyl (C=O) groups is 8. The average molecular weight is 702 g/mol. The molecular weight excluding hydrogens is 650 g/mol. The summed E-state index contributed by atoms with van der Waals surface area (Å²) in [5.41, 5.74) is 10.6. The molecule has 20 heteroatoms. The van der Waals surface area contributed by atoms with Crippen molar-refractivity contribution in [2.45, 2.75) is 102 Å². The van der Waals surface area contributed by atoms with E-state index >= 15 is 0 Å². The highest BCUT2D eigenvalue weighted by Crippen LogP contribution is 2.07. The van der Waals surface area contributed by atoms with Crippen molar-refractivity contribution >= 4 is 47.3 Å². The Labute approximate surface area is 283 Å². The summed E-state index contributed by atoms with van der Waals surface area (Å²) in [5.74, 6) is -8.12. The van der Waals surface area contributed by atoms with E-state index in [0.29, 0.717) is 32.4 Å². The van der Waals surface area contributed by atoms with Crippen LogP contribution in [0.25, 0.3) is 0 Å². The molecule has 7 atom stereocenters. The Balaban J connectivity index is 2.89. The Bertz CT molecular complexity index is 1180. The van der Waals surface area contributed by atoms with Gasteiger partial charge in [0.1, 0.15) is 30.2 Å². The first kappa shape index (κ1) is 42.6. The highest BCUT2D eigenvalue weighted by atomic mass is 16.4. The topological polar surface area (TPSA) is 334 Å². The Morgan fingerprint density at radius 2 is 1.45 bits per heavy atom. The van der Waals surface area contributed by atoms with Gasteiger partial charge >= 0.3 is 5.97 Å². The Kier molecular flexibility index (Phi) is 18.7. The average Bonchev–Trinajstić information content (AvgIpc) is 3.57. The van der Waals surface area contributed by atoms with E-state index in [9.17, 15) is 53.7 Å². The minimum Gasteiger partial charge on any atom is -0.480 e. The predicted octanol–water partition coefficient (Wildman–Crippen LogP) is -5.60. The standard InChI is InChI=1S/C29H51N9O11/c1-14(2)22(27(46)35-18(29(48)49)11-20(31)41)38-28(47)23(15(3)40)37-21(42)12-33-24(43)17(7-4-5-9-30)34-26(45)19(13-39)36-25(44)16-8-6-10-32-16/h14-19,22-23,32,39-40H,4-13,30H2,1-3H3,(H2,31,41)(H,33,43)(H,34,45)(H,35,46)(H,36,44)(H,37,42)(H,38,47)(H,48,49)/t15-,16+,17+,18+,19+,22+,23+/m1/s1. The van der Waals surface area contributed by atoms with Gasteiger partial charge in [-0.1, -0.05) is 13.8 Å². The van der Waals surface area contributed by atoms with Crippen LogP contribution in [0.2, 0.25) is 0 Å². The van der Waals surface area contributed by atoms with E-state index in [-0.39, 0.29) is 6.42 Å². The zero-order chi connectivity index (χ0) is 37.3. The van der Waals surface area contributed by atoms with Gasteiger partial charge in [0.15, 0.2) is 0 Å². The molecule has 7 amide bonds. The van der Waals surface area contributed by atoms with Crippen LogP contribution in [0.1, 0.15) is 59.3 Å². The first-order valence-electron chi connectivity index (χ1n) is 16.0. The second-order valence-corrected chi connectivity index (χ2v) is 12.0. The van der Waals surface area contributed by atoms with Crippen molar-refractivity contribution in [1.29, 1.82) is 0 Å². The molecule has 0 aromatic rings. The van der Waals surface area contributed by atoms with Crippen LogP contribution in [0.15, 0.2) is 0 Å². The highest BCUT2D eigenvalue weighted by Gasteiger charge is 2.34. The summed E-state index contributed by atoms with van der Waals surface area (Å²) >= 11 is 0. The number of carboxylic acid groups (broad SMARTS) is 1. The van der Waals surface area contributed by atoms with Gasteiger partial charge in [0.05, 0.1) is 31.7 Å². The maximum Gasteiger partial charge on any atom is 0.326 e. The third-order valence-corrected chi connectivity index (χ3v) is 7.54. The number of aliphatic hydroxyl groups is 2. The second kappa shape index (κ2) is 21.5. The number of primary amides is 1. The molecule has 1 saturated heterocycles. The number of hydrogen-bond donors (Lipinski definition) is 12. The van der Waals surface area contributed by atoms with Gasteiger partial charge in [-0.2, -0.15) is 0 Å². The first-order valence-corrected chi connectivity index (χ1v) is 16.0. The molecule has 1 fully saturated rings. The third-order valence-electron chi connectivity index (χ3n) is 7.54. The fourth-order valence-corrected chi connectivity index (χ4v) is 4.77. The van der Waals surface area contributed by atoms with E-state index in [1.165, 1.54) is 20.8 Å². The molecule has 1 aliphatic heterocycles. The summed E-state index contributed by atoms with van der Waals surface area (Å²) in [4.78, 5) is 99.6. The summed E-state index contributed by atoms with van der Waals surface area (Å²) in [6.45, 7) is 3.76. The van der Waals surface area contributed by atoms with E-state index < -0.39 is 115 Å². The first-order chi connectivity index (χ1) is 23.0. The fourth-order valence-electron chi connectivity index (χ4n) is 4.77. The van der Waals surface area contributed by atoms with Crippen LogP contribution in [0.5, 0.6) is 0 Å². The molecule has 0 spiro atoms. The van der Waals surface area contributed by atoms with Gasteiger partial charge in [0.25, 0.3) is 0 Å². The Morgan fingerprint density at radius 3 is 1.96 bits per heavy atom. The van der Waals surface area contributed by atoms with Gasteiger partial charge in [-0.05, 0) is 58.0 Å². The largest absolute Gasteiger partial charge is 0.480 e. The minimum absolute atomic E-state index is 0.103. The van der Waals surface area contributed by atoms with E-state index in [4.69, 9.17) is 11.5 Å². The Hall–Kier alpha value is -4.40. The molecule has 1 rings (SSSR count). The number of rotatable bonds is 22. The summed E-state index contributed by atoms with van der Waals surface area (Å²) in [5, 5.41) is 46.2. The molecule has 0 bridgehead atoms. The maximum atomic E-state index is 13.0. The van der Waals surface area contributed by atoms with Gasteiger partial charge in [-0.25, -0.2) is 4.79 Å². The number of aliphatic hydroxyl groups excluding tert-OH is 2. The summed E-state index contributed by atoms with van der Waals surface area (Å²) in [6, 6.07) is -7.67. The minimum atomic E-state index is -1.66. The summed E-state index contributed by atoms with van der Waals surface area (Å²) < 4.78 is 0. The molecule has 49 heavy (non-hydrogen) atoms. The zero-order valence-corrected chi connectivity index (χ0v) is 28.0. The number of nitrogens with one attached hydrogen (secondary N) is 7. The second-order valence-electron chi connectivity index (χ2n) is 12.0. The third kappa shape index (κ3) is 15.1. The number of carbonyl (C=O) groups excluding carboxylic acids is 7. The van der Waals surface area contributed by atoms with Crippen LogP contribution in [0.3, 0.4) is 0 Å². The molecule has 20 nitrogen and oxygen atoms in total. The van der Waals surface area contributed by atoms with Gasteiger partial charge in [0.2, 0.25) is 41.4 Å². The number of unbranched alkanes of at least 4 members (excludes halogenated alkanes) is 1. The monoisotopic (exact) mass is 701 g/mol. The summed E-state index contributed by atoms with van der Waals surface area (Å²) in [7, 11) is 0. The van der Waals surface area contributed by atoms with Crippen LogP contribution in [0, 0.1) is 5.92 Å². The molecule has 278 valence electrons. The lowest BCUT2D eigenvalue weighted by atomic mass is 10.0. The normalized spacial score (nSPS) is 17.7. The van der Waals surface area contributed by atoms with Crippen molar-refractivity contribution in [1.82, 2.24) is 37.2 Å². The van der Waals surface area contributed by atoms with E-state index in [1.54, 1.807) is 0 Å². The van der Waals surface area contributed by atoms with Gasteiger partial charge in [0, 0.05) is 0 Å². The number of nitrogens with two attached hydrogens (primary N) is 2. The predicted molar refractivity (Wildman–Crippen MR) is 172 cm³/mol. The number of amides is 7. The maximum absolute atomic E-state index is 13.0. The van der Waals surface area contributed by atoms with Crippen molar-refractivity contribution in [3.8, 4) is 0 Å². The van der Waals surface area contributed by atoms with Crippen molar-refractivity contribution in [2.24, 2.45) is 17.4 Å². The highest BCUT2D eigenvalue weighted by molar-refractivity contribution is 5.96. The quantitative estimate of drug-likeness (QED) is 0.0469. The number of hydrogen-bond acceptors (Lipinski definition) is 12. The van der Waals surface area contributed by atoms with Crippen LogP contribution in [0.4, 0.5) is 0 Å². The molecule has 0 aromatic heterocycles. The van der Waals surface area contributed by atoms with Crippen LogP contribution in [-0.2, 0) is 38.4 Å². The van der Waals surface area contributed by atoms with Crippen molar-refractivity contribution in [3.05, 3.63) is 0 Å². The van der Waals surface area contributed by atoms with Gasteiger partial charge in [-0.3, -0.25) is 33.6 Å². The van der Waals surface area contributed by atoms with Gasteiger partial charge in [-0.15, -0.1) is 0 Å². The van der Waals surface area contributed by atoms with Gasteiger partial charge < -0.3 is 64.0 Å². The SMILES string of the molecule is CC(C)[C@H](NC(=O)[C@@H](NC(=O)CNC(=O)[C@H](CCCCN)NC(=O)[C@H](CO)NC(=O)[C@@H]1CCCN1)[C@@H](C)O)C(=O)N[C@@H](CC(N)=O)C(=O)O. The molecule has 0 aliphatic carbocycles. The lowest BCUT2D eigenvalue weighted by Gasteiger charge is -2.27. The van der Waals surface area contributed by atoms with E-state index in [1.807, 2.05) is 0 Å². The lowest BCUT2D eigenvalue weighted by molar-refractivity contribution is -0.144. The lowest BCUT2D eigenvalue weighted by Crippen LogP contribution is -2.60. The summed E-state index contributed by atoms with van der Waals surface area (Å²) in [6.07, 6.45) is 0.167. The molecule has 0 radical (unpaired) electrons. The van der Waals surface area contributed by atoms with Crippen molar-refractivity contribution in [3.63, 3.8) is 0 Å². The van der Waals surface area contributed by atoms with Crippen molar-refractivity contribution < 1.29 is 53.7 Å². The van der Waals surface area contributed by atoms with Crippen LogP contribution < -0.4 is 48.7 Å². The molecular formula is C29H51N9O11. The molecule has 14 N–H and O–H groups in total. The van der Waals surface area contributed by atoms with Crippen LogP contribution >= 0.6 is 0 Å². The fraction of sp³-hybridized carbons (Fsp3) is 0.724. The zero-order valence-electron chi connectivity index (χ0n) is 28.0. The molecule has 0 unspecified atom stereocenters. The molecule has 0 saturated carbocycles.